The maximum Gasteiger partial charge on any atom is 0.352 e. The molecule has 0 aliphatic carbocycles. The minimum Gasteiger partial charge on any atom is -0.477 e. The average molecular weight is 467 g/mol. The Morgan fingerprint density at radius 3 is 2.67 bits per heavy atom. The molecular weight excluding hydrogens is 448 g/mol. The number of carbonyl (C=O) groups is 2. The van der Waals surface area contributed by atoms with Crippen molar-refractivity contribution in [2.75, 3.05) is 10.6 Å². The van der Waals surface area contributed by atoms with Gasteiger partial charge in [-0.15, -0.1) is 0 Å². The van der Waals surface area contributed by atoms with Crippen LogP contribution in [0.1, 0.15) is 33.1 Å². The van der Waals surface area contributed by atoms with Crippen LogP contribution < -0.4 is 10.6 Å². The molecule has 1 aliphatic rings. The largest absolute Gasteiger partial charge is 0.477 e. The van der Waals surface area contributed by atoms with Crippen LogP contribution in [0, 0.1) is 13.8 Å². The van der Waals surface area contributed by atoms with Crippen molar-refractivity contribution < 1.29 is 14.7 Å². The van der Waals surface area contributed by atoms with E-state index < -0.39 is 12.0 Å². The number of allylic oxidation sites excluding steroid dienone is 1. The molecule has 0 fully saturated rings. The predicted octanol–water partition coefficient (Wildman–Crippen LogP) is 4.50. The van der Waals surface area contributed by atoms with Crippen LogP contribution in [0.15, 0.2) is 64.9 Å². The molecule has 1 unspecified atom stereocenters. The lowest BCUT2D eigenvalue weighted by atomic mass is 10.0. The van der Waals surface area contributed by atoms with E-state index >= 15 is 0 Å². The van der Waals surface area contributed by atoms with Crippen molar-refractivity contribution >= 4 is 39.3 Å². The number of nitrogens with zero attached hydrogens (tertiary/aromatic N) is 2. The lowest BCUT2D eigenvalue weighted by Crippen LogP contribution is -2.25. The van der Waals surface area contributed by atoms with Gasteiger partial charge in [-0.05, 0) is 60.9 Å². The van der Waals surface area contributed by atoms with Crippen LogP contribution >= 0.6 is 15.9 Å². The lowest BCUT2D eigenvalue weighted by molar-refractivity contribution is -0.132. The van der Waals surface area contributed by atoms with Gasteiger partial charge >= 0.3 is 5.97 Å². The number of aryl methyl sites for hydroxylation is 2. The number of fused-ring (bicyclic) bond motifs is 1. The van der Waals surface area contributed by atoms with Gasteiger partial charge in [0.15, 0.2) is 0 Å². The number of halogens is 1. The Bertz CT molecular complexity index is 1200. The molecule has 0 spiro atoms. The minimum atomic E-state index is -1.11. The molecule has 152 valence electrons. The second kappa shape index (κ2) is 7.79. The predicted molar refractivity (Wildman–Crippen MR) is 118 cm³/mol. The van der Waals surface area contributed by atoms with E-state index in [0.717, 1.165) is 21.2 Å². The summed E-state index contributed by atoms with van der Waals surface area (Å²) in [5.41, 5.74) is 3.96. The fraction of sp³-hybridized carbons (Fsp3) is 0.136. The number of aromatic nitrogens is 2. The fourth-order valence-electron chi connectivity index (χ4n) is 3.33. The molecule has 0 radical (unpaired) electrons. The van der Waals surface area contributed by atoms with Gasteiger partial charge in [0.2, 0.25) is 0 Å². The number of amides is 1. The highest BCUT2D eigenvalue weighted by atomic mass is 79.9. The van der Waals surface area contributed by atoms with E-state index in [1.807, 2.05) is 56.3 Å². The van der Waals surface area contributed by atoms with Crippen LogP contribution in [0.4, 0.5) is 11.5 Å². The zero-order valence-electron chi connectivity index (χ0n) is 16.3. The summed E-state index contributed by atoms with van der Waals surface area (Å²) in [7, 11) is 0. The van der Waals surface area contributed by atoms with Gasteiger partial charge in [-0.1, -0.05) is 34.1 Å². The molecule has 0 saturated carbocycles. The highest BCUT2D eigenvalue weighted by Gasteiger charge is 2.29. The normalized spacial score (nSPS) is 15.0. The zero-order chi connectivity index (χ0) is 21.4. The van der Waals surface area contributed by atoms with Crippen molar-refractivity contribution in [3.05, 3.63) is 87.2 Å². The van der Waals surface area contributed by atoms with Gasteiger partial charge in [0, 0.05) is 10.2 Å². The van der Waals surface area contributed by atoms with Gasteiger partial charge in [0.1, 0.15) is 17.1 Å². The van der Waals surface area contributed by atoms with E-state index in [2.05, 4.69) is 31.7 Å². The van der Waals surface area contributed by atoms with E-state index in [-0.39, 0.29) is 17.2 Å². The molecule has 3 aromatic rings. The highest BCUT2D eigenvalue weighted by molar-refractivity contribution is 9.10. The van der Waals surface area contributed by atoms with Crippen LogP contribution in [-0.4, -0.2) is 26.8 Å². The van der Waals surface area contributed by atoms with Crippen molar-refractivity contribution in [3.8, 4) is 0 Å². The number of hydrogen-bond donors (Lipinski definition) is 3. The van der Waals surface area contributed by atoms with E-state index in [1.165, 1.54) is 6.20 Å². The van der Waals surface area contributed by atoms with E-state index in [9.17, 15) is 14.7 Å². The van der Waals surface area contributed by atoms with Crippen LogP contribution in [-0.2, 0) is 4.79 Å². The fourth-order valence-corrected chi connectivity index (χ4v) is 3.75. The first kappa shape index (κ1) is 19.9. The average Bonchev–Trinajstić information content (AvgIpc) is 3.14. The Morgan fingerprint density at radius 1 is 1.17 bits per heavy atom. The Hall–Kier alpha value is -3.39. The standard InChI is InChI=1S/C22H19BrN4O3/c1-12-6-7-16(8-13(12)2)25-21(28)17-11-24-27-19(14-4-3-5-15(23)9-14)10-18(22(29)30)26-20(17)27/h3-11,19,26H,1-2H3,(H,25,28)(H,29,30). The van der Waals surface area contributed by atoms with Crippen molar-refractivity contribution in [1.82, 2.24) is 9.78 Å². The molecule has 1 atom stereocenters. The summed E-state index contributed by atoms with van der Waals surface area (Å²) in [6, 6.07) is 12.7. The van der Waals surface area contributed by atoms with Crippen molar-refractivity contribution in [2.24, 2.45) is 0 Å². The molecule has 8 heteroatoms. The van der Waals surface area contributed by atoms with Crippen LogP contribution in [0.5, 0.6) is 0 Å². The lowest BCUT2D eigenvalue weighted by Gasteiger charge is -2.24. The molecule has 3 N–H and O–H groups in total. The van der Waals surface area contributed by atoms with Gasteiger partial charge in [-0.3, -0.25) is 4.79 Å². The van der Waals surface area contributed by atoms with Crippen molar-refractivity contribution in [3.63, 3.8) is 0 Å². The second-order valence-electron chi connectivity index (χ2n) is 7.11. The summed E-state index contributed by atoms with van der Waals surface area (Å²) in [6.07, 6.45) is 3.03. The van der Waals surface area contributed by atoms with Crippen molar-refractivity contribution in [1.29, 1.82) is 0 Å². The summed E-state index contributed by atoms with van der Waals surface area (Å²) in [5, 5.41) is 19.6. The van der Waals surface area contributed by atoms with Crippen molar-refractivity contribution in [2.45, 2.75) is 19.9 Å². The number of carbonyl (C=O) groups excluding carboxylic acids is 1. The van der Waals surface area contributed by atoms with Gasteiger partial charge in [0.05, 0.1) is 12.2 Å². The summed E-state index contributed by atoms with van der Waals surface area (Å²) in [6.45, 7) is 3.97. The molecule has 30 heavy (non-hydrogen) atoms. The van der Waals surface area contributed by atoms with E-state index in [4.69, 9.17) is 0 Å². The second-order valence-corrected chi connectivity index (χ2v) is 8.03. The van der Waals surface area contributed by atoms with Gasteiger partial charge < -0.3 is 15.7 Å². The van der Waals surface area contributed by atoms with Gasteiger partial charge in [-0.25, -0.2) is 9.48 Å². The summed E-state index contributed by atoms with van der Waals surface area (Å²) in [4.78, 5) is 24.6. The topological polar surface area (TPSA) is 96.3 Å². The molecule has 1 amide bonds. The molecule has 1 aromatic heterocycles. The molecule has 4 rings (SSSR count). The van der Waals surface area contributed by atoms with Gasteiger partial charge in [0.25, 0.3) is 5.91 Å². The first-order chi connectivity index (χ1) is 14.3. The molecule has 2 heterocycles. The number of benzene rings is 2. The zero-order valence-corrected chi connectivity index (χ0v) is 17.9. The first-order valence-corrected chi connectivity index (χ1v) is 10.1. The number of aliphatic carboxylic acids is 1. The van der Waals surface area contributed by atoms with E-state index in [0.29, 0.717) is 11.5 Å². The number of rotatable bonds is 4. The Balaban J connectivity index is 1.71. The minimum absolute atomic E-state index is 0.00629. The molecule has 0 bridgehead atoms. The van der Waals surface area contributed by atoms with Crippen LogP contribution in [0.3, 0.4) is 0 Å². The Kier molecular flexibility index (Phi) is 5.17. The molecule has 2 aromatic carbocycles. The van der Waals surface area contributed by atoms with E-state index in [1.54, 1.807) is 10.8 Å². The quantitative estimate of drug-likeness (QED) is 0.525. The molecular formula is C22H19BrN4O3. The Labute approximate surface area is 181 Å². The van der Waals surface area contributed by atoms with Crippen LogP contribution in [0.25, 0.3) is 0 Å². The highest BCUT2D eigenvalue weighted by Crippen LogP contribution is 2.33. The summed E-state index contributed by atoms with van der Waals surface area (Å²) >= 11 is 3.44. The monoisotopic (exact) mass is 466 g/mol. The first-order valence-electron chi connectivity index (χ1n) is 9.27. The molecule has 0 saturated heterocycles. The third-order valence-corrected chi connectivity index (χ3v) is 5.56. The number of hydrogen-bond acceptors (Lipinski definition) is 4. The third-order valence-electron chi connectivity index (χ3n) is 5.07. The maximum atomic E-state index is 12.9. The number of carboxylic acid groups (broad SMARTS) is 1. The molecule has 7 nitrogen and oxygen atoms in total. The third kappa shape index (κ3) is 3.73. The smallest absolute Gasteiger partial charge is 0.352 e. The number of carboxylic acids is 1. The Morgan fingerprint density at radius 2 is 1.97 bits per heavy atom. The van der Waals surface area contributed by atoms with Crippen LogP contribution in [0.2, 0.25) is 0 Å². The maximum absolute atomic E-state index is 12.9. The number of anilines is 2. The number of nitrogens with one attached hydrogen (secondary N) is 2. The SMILES string of the molecule is Cc1ccc(NC(=O)c2cnn3c2NC(C(=O)O)=CC3c2cccc(Br)c2)cc1C. The molecule has 1 aliphatic heterocycles. The summed E-state index contributed by atoms with van der Waals surface area (Å²) in [5.74, 6) is -1.14. The summed E-state index contributed by atoms with van der Waals surface area (Å²) < 4.78 is 2.48. The van der Waals surface area contributed by atoms with Gasteiger partial charge in [-0.2, -0.15) is 5.10 Å².